The number of hydrogen-bond donors (Lipinski definition) is 1. The number of alkyl halides is 3. The third-order valence-corrected chi connectivity index (χ3v) is 9.50. The number of pyridine rings is 1. The molecule has 3 heterocycles. The number of carbonyl (C=O) groups excluding carboxylic acids is 1. The first-order valence-electron chi connectivity index (χ1n) is 12.8. The molecule has 2 bridgehead atoms. The van der Waals surface area contributed by atoms with Gasteiger partial charge in [0, 0.05) is 41.8 Å². The van der Waals surface area contributed by atoms with Gasteiger partial charge in [-0.2, -0.15) is 13.2 Å². The first-order valence-corrected chi connectivity index (χ1v) is 13.6. The number of amides is 1. The average molecular weight is 523 g/mol. The van der Waals surface area contributed by atoms with Crippen molar-refractivity contribution >= 4 is 17.2 Å². The normalized spacial score (nSPS) is 26.3. The van der Waals surface area contributed by atoms with Gasteiger partial charge in [0.2, 0.25) is 0 Å². The van der Waals surface area contributed by atoms with E-state index in [4.69, 9.17) is 4.74 Å². The van der Waals surface area contributed by atoms with E-state index in [1.807, 2.05) is 19.1 Å². The van der Waals surface area contributed by atoms with Crippen LogP contribution in [0.1, 0.15) is 71.6 Å². The summed E-state index contributed by atoms with van der Waals surface area (Å²) >= 11 is 1.25. The second-order valence-electron chi connectivity index (χ2n) is 10.7. The molecule has 1 aliphatic heterocycles. The Hall–Kier alpha value is -2.20. The topological polar surface area (TPSA) is 67.4 Å². The highest BCUT2D eigenvalue weighted by molar-refractivity contribution is 7.13. The second kappa shape index (κ2) is 9.93. The Balaban J connectivity index is 1.10. The van der Waals surface area contributed by atoms with Crippen molar-refractivity contribution < 1.29 is 22.7 Å². The van der Waals surface area contributed by atoms with E-state index in [1.54, 1.807) is 6.20 Å². The van der Waals surface area contributed by atoms with E-state index in [0.29, 0.717) is 11.0 Å². The summed E-state index contributed by atoms with van der Waals surface area (Å²) in [7, 11) is 0. The van der Waals surface area contributed by atoms with Crippen molar-refractivity contribution in [2.75, 3.05) is 26.2 Å². The van der Waals surface area contributed by atoms with Crippen LogP contribution in [0.3, 0.4) is 0 Å². The Morgan fingerprint density at radius 3 is 2.58 bits per heavy atom. The average Bonchev–Trinajstić information content (AvgIpc) is 3.15. The number of hydrogen-bond acceptors (Lipinski definition) is 6. The third kappa shape index (κ3) is 5.69. The summed E-state index contributed by atoms with van der Waals surface area (Å²) in [6.45, 7) is 3.38. The molecule has 0 atom stereocenters. The molecule has 0 radical (unpaired) electrons. The third-order valence-electron chi connectivity index (χ3n) is 8.43. The molecule has 6 nitrogen and oxygen atoms in total. The fraction of sp³-hybridized carbons (Fsp3) is 0.654. The van der Waals surface area contributed by atoms with Crippen LogP contribution < -0.4 is 10.1 Å². The number of nitrogens with one attached hydrogen (secondary N) is 1. The van der Waals surface area contributed by atoms with Crippen LogP contribution in [0.4, 0.5) is 13.2 Å². The van der Waals surface area contributed by atoms with Crippen molar-refractivity contribution in [1.29, 1.82) is 0 Å². The minimum atomic E-state index is -4.35. The van der Waals surface area contributed by atoms with E-state index in [-0.39, 0.29) is 16.6 Å². The number of carbonyl (C=O) groups is 1. The van der Waals surface area contributed by atoms with Gasteiger partial charge in [0.05, 0.1) is 11.3 Å². The van der Waals surface area contributed by atoms with Crippen LogP contribution in [-0.2, 0) is 12.8 Å². The van der Waals surface area contributed by atoms with Crippen LogP contribution >= 0.6 is 11.3 Å². The summed E-state index contributed by atoms with van der Waals surface area (Å²) in [5.41, 5.74) is 2.58. The van der Waals surface area contributed by atoms with Gasteiger partial charge < -0.3 is 15.0 Å². The van der Waals surface area contributed by atoms with Gasteiger partial charge in [-0.15, -0.1) is 0 Å². The summed E-state index contributed by atoms with van der Waals surface area (Å²) in [6.07, 6.45) is 6.58. The molecule has 0 spiro atoms. The number of nitrogens with zero attached hydrogens (tertiary/aromatic N) is 3. The predicted octanol–water partition coefficient (Wildman–Crippen LogP) is 5.10. The summed E-state index contributed by atoms with van der Waals surface area (Å²) < 4.78 is 42.1. The number of halogens is 3. The lowest BCUT2D eigenvalue weighted by Crippen LogP contribution is -2.57. The van der Waals surface area contributed by atoms with E-state index in [1.165, 1.54) is 11.3 Å². The van der Waals surface area contributed by atoms with Crippen LogP contribution in [0, 0.1) is 12.3 Å². The van der Waals surface area contributed by atoms with Gasteiger partial charge in [0.25, 0.3) is 11.1 Å². The zero-order chi connectivity index (χ0) is 25.4. The second-order valence-corrected chi connectivity index (χ2v) is 11.8. The first-order chi connectivity index (χ1) is 17.1. The van der Waals surface area contributed by atoms with E-state index >= 15 is 0 Å². The maximum Gasteiger partial charge on any atom is 0.422 e. The number of thiazole rings is 1. The fourth-order valence-corrected chi connectivity index (χ4v) is 7.01. The summed E-state index contributed by atoms with van der Waals surface area (Å²) in [4.78, 5) is 25.0. The molecule has 10 heteroatoms. The standard InChI is InChI=1S/C26H33F3N4O2S/c1-18-19(3-2-13-30-18)22(34)32-25-9-6-24(7-10-25,8-11-25)12-16-33-14-4-20-21(5-15-33)36-23(31-20)35-17-26(27,28)29/h2-3,13H,4-12,14-17H2,1H3,(H,32,34). The monoisotopic (exact) mass is 522 g/mol. The molecule has 2 aromatic rings. The molecule has 4 aliphatic rings. The van der Waals surface area contributed by atoms with Crippen LogP contribution in [-0.4, -0.2) is 58.7 Å². The Morgan fingerprint density at radius 1 is 1.17 bits per heavy atom. The molecular formula is C26H33F3N4O2S. The predicted molar refractivity (Wildman–Crippen MR) is 131 cm³/mol. The highest BCUT2D eigenvalue weighted by Crippen LogP contribution is 2.54. The Kier molecular flexibility index (Phi) is 7.02. The molecule has 6 rings (SSSR count). The van der Waals surface area contributed by atoms with Crippen LogP contribution in [0.25, 0.3) is 0 Å². The van der Waals surface area contributed by atoms with E-state index < -0.39 is 12.8 Å². The Morgan fingerprint density at radius 2 is 1.89 bits per heavy atom. The lowest BCUT2D eigenvalue weighted by molar-refractivity contribution is -0.153. The molecular weight excluding hydrogens is 489 g/mol. The molecule has 196 valence electrons. The van der Waals surface area contributed by atoms with Crippen molar-refractivity contribution in [3.8, 4) is 5.19 Å². The van der Waals surface area contributed by atoms with Crippen LogP contribution in [0.15, 0.2) is 18.3 Å². The van der Waals surface area contributed by atoms with Gasteiger partial charge in [-0.3, -0.25) is 9.78 Å². The smallest absolute Gasteiger partial charge is 0.422 e. The first kappa shape index (κ1) is 25.4. The van der Waals surface area contributed by atoms with Crippen molar-refractivity contribution in [3.05, 3.63) is 40.2 Å². The summed E-state index contributed by atoms with van der Waals surface area (Å²) in [5.74, 6) is -0.00684. The zero-order valence-corrected chi connectivity index (χ0v) is 21.4. The lowest BCUT2D eigenvalue weighted by atomic mass is 9.56. The van der Waals surface area contributed by atoms with E-state index in [9.17, 15) is 18.0 Å². The van der Waals surface area contributed by atoms with Gasteiger partial charge in [0.15, 0.2) is 6.61 Å². The number of rotatable bonds is 7. The fourth-order valence-electron chi connectivity index (χ4n) is 6.07. The lowest BCUT2D eigenvalue weighted by Gasteiger charge is -2.54. The number of ether oxygens (including phenoxy) is 1. The van der Waals surface area contributed by atoms with Gasteiger partial charge in [0.1, 0.15) is 0 Å². The van der Waals surface area contributed by atoms with Gasteiger partial charge >= 0.3 is 6.18 Å². The molecule has 3 aliphatic carbocycles. The van der Waals surface area contributed by atoms with Crippen molar-refractivity contribution in [2.24, 2.45) is 5.41 Å². The SMILES string of the molecule is Cc1ncccc1C(=O)NC12CCC(CCN3CCc4nc(OCC(F)(F)F)sc4CC3)(CC1)CC2. The molecule has 1 N–H and O–H groups in total. The van der Waals surface area contributed by atoms with E-state index in [2.05, 4.69) is 20.2 Å². The van der Waals surface area contributed by atoms with E-state index in [0.717, 1.165) is 93.7 Å². The largest absolute Gasteiger partial charge is 0.460 e. The number of fused-ring (bicyclic) bond motifs is 4. The van der Waals surface area contributed by atoms with Crippen molar-refractivity contribution in [2.45, 2.75) is 76.4 Å². The molecule has 0 unspecified atom stereocenters. The van der Waals surface area contributed by atoms with Gasteiger partial charge in [-0.1, -0.05) is 11.3 Å². The molecule has 1 amide bonds. The molecule has 0 aromatic carbocycles. The molecule has 3 fully saturated rings. The molecule has 3 saturated carbocycles. The minimum Gasteiger partial charge on any atom is -0.460 e. The maximum atomic E-state index is 12.9. The highest BCUT2D eigenvalue weighted by Gasteiger charge is 2.49. The molecule has 2 aromatic heterocycles. The van der Waals surface area contributed by atoms with Crippen molar-refractivity contribution in [1.82, 2.24) is 20.2 Å². The Bertz CT molecular complexity index is 1050. The van der Waals surface area contributed by atoms with Gasteiger partial charge in [-0.05, 0) is 82.4 Å². The highest BCUT2D eigenvalue weighted by atomic mass is 32.1. The van der Waals surface area contributed by atoms with Crippen molar-refractivity contribution in [3.63, 3.8) is 0 Å². The Labute approximate surface area is 213 Å². The molecule has 0 saturated heterocycles. The van der Waals surface area contributed by atoms with Gasteiger partial charge in [-0.25, -0.2) is 4.98 Å². The summed E-state index contributed by atoms with van der Waals surface area (Å²) in [6, 6.07) is 3.65. The quantitative estimate of drug-likeness (QED) is 0.548. The number of aryl methyl sites for hydroxylation is 1. The van der Waals surface area contributed by atoms with Crippen LogP contribution in [0.2, 0.25) is 0 Å². The molecule has 36 heavy (non-hydrogen) atoms. The maximum absolute atomic E-state index is 12.9. The van der Waals surface area contributed by atoms with Crippen LogP contribution in [0.5, 0.6) is 5.19 Å². The zero-order valence-electron chi connectivity index (χ0n) is 20.6. The number of aromatic nitrogens is 2. The minimum absolute atomic E-state index is 0.00684. The summed E-state index contributed by atoms with van der Waals surface area (Å²) in [5, 5.41) is 3.50.